The Kier molecular flexibility index (Phi) is 12.3. The predicted molar refractivity (Wildman–Crippen MR) is 140 cm³/mol. The summed E-state index contributed by atoms with van der Waals surface area (Å²) in [5, 5.41) is 54.9. The van der Waals surface area contributed by atoms with Crippen LogP contribution in [0.1, 0.15) is 66.2 Å². The second kappa shape index (κ2) is 14.1. The molecule has 0 aromatic carbocycles. The fourth-order valence-electron chi connectivity index (χ4n) is 5.72. The van der Waals surface area contributed by atoms with E-state index < -0.39 is 59.7 Å². The zero-order chi connectivity index (χ0) is 28.8. The number of allylic oxidation sites excluding steroid dienone is 1. The van der Waals surface area contributed by atoms with E-state index in [0.717, 1.165) is 12.0 Å². The van der Waals surface area contributed by atoms with Crippen molar-refractivity contribution in [2.24, 2.45) is 17.3 Å². The first-order chi connectivity index (χ1) is 17.8. The van der Waals surface area contributed by atoms with Gasteiger partial charge in [0.2, 0.25) is 5.79 Å². The Morgan fingerprint density at radius 1 is 1.05 bits per heavy atom. The van der Waals surface area contributed by atoms with E-state index in [1.807, 2.05) is 19.9 Å². The van der Waals surface area contributed by atoms with Crippen molar-refractivity contribution in [1.82, 2.24) is 0 Å². The average molecular weight is 547 g/mol. The summed E-state index contributed by atoms with van der Waals surface area (Å²) in [4.78, 5) is 13.3. The lowest BCUT2D eigenvalue weighted by molar-refractivity contribution is -0.379. The van der Waals surface area contributed by atoms with Gasteiger partial charge in [-0.2, -0.15) is 0 Å². The minimum Gasteiger partial charge on any atom is -0.396 e. The minimum atomic E-state index is -2.20. The van der Waals surface area contributed by atoms with Crippen molar-refractivity contribution >= 4 is 5.78 Å². The Labute approximate surface area is 226 Å². The molecule has 0 aromatic rings. The van der Waals surface area contributed by atoms with E-state index in [1.54, 1.807) is 13.8 Å². The molecule has 2 rings (SSSR count). The van der Waals surface area contributed by atoms with Gasteiger partial charge in [0.15, 0.2) is 5.78 Å². The number of rotatable bonds is 7. The van der Waals surface area contributed by atoms with Crippen molar-refractivity contribution in [3.63, 3.8) is 0 Å². The van der Waals surface area contributed by atoms with Crippen LogP contribution < -0.4 is 0 Å². The summed E-state index contributed by atoms with van der Waals surface area (Å²) in [5.74, 6) is -2.99. The lowest BCUT2D eigenvalue weighted by atomic mass is 9.70. The van der Waals surface area contributed by atoms with Gasteiger partial charge < -0.3 is 44.5 Å². The number of Topliss-reactive ketones (excluding diaryl/α,β-unsaturated/α-hetero) is 1. The van der Waals surface area contributed by atoms with E-state index in [-0.39, 0.29) is 44.1 Å². The fraction of sp³-hybridized carbons (Fsp3) is 0.893. The zero-order valence-electron chi connectivity index (χ0n) is 24.0. The summed E-state index contributed by atoms with van der Waals surface area (Å²) in [6, 6.07) is 0. The van der Waals surface area contributed by atoms with Crippen LogP contribution in [0, 0.1) is 17.3 Å². The third-order valence-electron chi connectivity index (χ3n) is 8.85. The maximum atomic E-state index is 13.3. The third-order valence-corrected chi connectivity index (χ3v) is 8.85. The number of fused-ring (bicyclic) bond motifs is 2. The highest BCUT2D eigenvalue weighted by molar-refractivity contribution is 5.84. The smallest absolute Gasteiger partial charge is 0.202 e. The van der Waals surface area contributed by atoms with Crippen molar-refractivity contribution in [3.05, 3.63) is 11.6 Å². The van der Waals surface area contributed by atoms with Gasteiger partial charge in [-0.05, 0) is 31.6 Å². The van der Waals surface area contributed by atoms with Gasteiger partial charge in [-0.25, -0.2) is 0 Å². The third kappa shape index (κ3) is 7.21. The number of ether oxygens (including phenoxy) is 4. The van der Waals surface area contributed by atoms with Gasteiger partial charge in [-0.15, -0.1) is 0 Å². The molecular formula is C28H50O10. The number of carbonyl (C=O) groups is 1. The predicted octanol–water partition coefficient (Wildman–Crippen LogP) is 1.34. The van der Waals surface area contributed by atoms with Crippen LogP contribution in [0.5, 0.6) is 0 Å². The first-order valence-electron chi connectivity index (χ1n) is 13.6. The van der Waals surface area contributed by atoms with E-state index >= 15 is 0 Å². The van der Waals surface area contributed by atoms with Crippen LogP contribution in [0.25, 0.3) is 0 Å². The number of methoxy groups -OCH3 is 3. The second-order valence-corrected chi connectivity index (χ2v) is 11.5. The van der Waals surface area contributed by atoms with Crippen LogP contribution in [-0.2, 0) is 23.7 Å². The summed E-state index contributed by atoms with van der Waals surface area (Å²) in [6.07, 6.45) is -3.62. The Hall–Kier alpha value is -0.950. The molecule has 0 saturated carbocycles. The summed E-state index contributed by atoms with van der Waals surface area (Å²) in [6.45, 7) is 7.09. The first-order valence-corrected chi connectivity index (χ1v) is 13.6. The maximum Gasteiger partial charge on any atom is 0.202 e. The Morgan fingerprint density at radius 3 is 2.18 bits per heavy atom. The molecule has 0 unspecified atom stereocenters. The molecule has 38 heavy (non-hydrogen) atoms. The van der Waals surface area contributed by atoms with Crippen molar-refractivity contribution in [3.8, 4) is 0 Å². The molecule has 2 aliphatic heterocycles. The molecular weight excluding hydrogens is 496 g/mol. The molecule has 10 heteroatoms. The van der Waals surface area contributed by atoms with Crippen LogP contribution in [0.15, 0.2) is 11.6 Å². The first kappa shape index (κ1) is 33.3. The molecule has 2 aliphatic rings. The van der Waals surface area contributed by atoms with Crippen LogP contribution in [0.3, 0.4) is 0 Å². The van der Waals surface area contributed by atoms with E-state index in [0.29, 0.717) is 6.42 Å². The van der Waals surface area contributed by atoms with E-state index in [1.165, 1.54) is 21.3 Å². The molecule has 2 saturated heterocycles. The van der Waals surface area contributed by atoms with Crippen LogP contribution in [0.4, 0.5) is 0 Å². The highest BCUT2D eigenvalue weighted by Gasteiger charge is 2.60. The van der Waals surface area contributed by atoms with E-state index in [4.69, 9.17) is 18.9 Å². The number of hydrogen-bond acceptors (Lipinski definition) is 10. The molecule has 0 radical (unpaired) electrons. The molecule has 0 aromatic heterocycles. The Bertz CT molecular complexity index is 782. The molecule has 0 amide bonds. The highest BCUT2D eigenvalue weighted by Crippen LogP contribution is 2.46. The molecule has 2 heterocycles. The Morgan fingerprint density at radius 2 is 1.66 bits per heavy atom. The summed E-state index contributed by atoms with van der Waals surface area (Å²) in [5.41, 5.74) is -0.467. The molecule has 10 nitrogen and oxygen atoms in total. The van der Waals surface area contributed by atoms with E-state index in [2.05, 4.69) is 0 Å². The van der Waals surface area contributed by atoms with Gasteiger partial charge in [-0.1, -0.05) is 32.4 Å². The average Bonchev–Trinajstić information content (AvgIpc) is 2.89. The monoisotopic (exact) mass is 546 g/mol. The molecule has 2 bridgehead atoms. The molecule has 10 atom stereocenters. The molecule has 222 valence electrons. The number of aliphatic hydroxyl groups is 5. The lowest BCUT2D eigenvalue weighted by Crippen LogP contribution is -2.68. The van der Waals surface area contributed by atoms with Crippen molar-refractivity contribution < 1.29 is 49.3 Å². The molecule has 5 N–H and O–H groups in total. The summed E-state index contributed by atoms with van der Waals surface area (Å²) < 4.78 is 22.7. The van der Waals surface area contributed by atoms with Gasteiger partial charge >= 0.3 is 0 Å². The standard InChI is InChI=1S/C28H50O10/c1-8-17(15-29)9-16(2)18-10-19(35-5)14-24(31)27(3,4)28(34)26(33)23(37-7)13-20(38-28)12-22(36-6)25(32)21(30)11-18/h9,17-20,22-26,29,31-34H,8,10-15H2,1-7H3/b16-9+/t17-,18+,19-,20+,22-,23-,24+,25-,26-,28+/m0/s1. The second-order valence-electron chi connectivity index (χ2n) is 11.5. The lowest BCUT2D eigenvalue weighted by Gasteiger charge is -2.54. The minimum absolute atomic E-state index is 0.0196. The zero-order valence-corrected chi connectivity index (χ0v) is 24.0. The quantitative estimate of drug-likeness (QED) is 0.296. The van der Waals surface area contributed by atoms with Gasteiger partial charge in [0.25, 0.3) is 0 Å². The molecule has 2 fully saturated rings. The summed E-state index contributed by atoms with van der Waals surface area (Å²) in [7, 11) is 4.33. The largest absolute Gasteiger partial charge is 0.396 e. The maximum absolute atomic E-state index is 13.3. The number of ketones is 1. The topological polar surface area (TPSA) is 155 Å². The van der Waals surface area contributed by atoms with Gasteiger partial charge in [0.05, 0.1) is 30.5 Å². The number of aliphatic hydroxyl groups excluding tert-OH is 4. The fourth-order valence-corrected chi connectivity index (χ4v) is 5.72. The molecule has 0 aliphatic carbocycles. The molecule has 0 spiro atoms. The summed E-state index contributed by atoms with van der Waals surface area (Å²) >= 11 is 0. The van der Waals surface area contributed by atoms with Crippen molar-refractivity contribution in [1.29, 1.82) is 0 Å². The van der Waals surface area contributed by atoms with Crippen LogP contribution >= 0.6 is 0 Å². The Balaban J connectivity index is 2.56. The van der Waals surface area contributed by atoms with Gasteiger partial charge in [-0.3, -0.25) is 4.79 Å². The number of carbonyl (C=O) groups excluding carboxylic acids is 1. The van der Waals surface area contributed by atoms with Crippen LogP contribution in [-0.4, -0.2) is 108 Å². The van der Waals surface area contributed by atoms with Gasteiger partial charge in [0.1, 0.15) is 12.2 Å². The SMILES string of the molecule is CC[C@@H](/C=C(\C)[C@H]1CC(=O)[C@H](O)[C@@H](OC)C[C@@H]2C[C@H](OC)[C@H](O)[C@@](O)(O2)C(C)(C)[C@H](O)C[C@@H](OC)C1)CO. The van der Waals surface area contributed by atoms with Crippen molar-refractivity contribution in [2.45, 2.75) is 115 Å². The van der Waals surface area contributed by atoms with Crippen LogP contribution in [0.2, 0.25) is 0 Å². The van der Waals surface area contributed by atoms with Gasteiger partial charge in [0, 0.05) is 59.0 Å². The van der Waals surface area contributed by atoms with E-state index in [9.17, 15) is 30.3 Å². The highest BCUT2D eigenvalue weighted by atomic mass is 16.7. The normalized spacial score (nSPS) is 40.4. The van der Waals surface area contributed by atoms with Crippen molar-refractivity contribution in [2.75, 3.05) is 27.9 Å². The number of hydrogen-bond donors (Lipinski definition) is 5.